The third-order valence-corrected chi connectivity index (χ3v) is 0.597. The summed E-state index contributed by atoms with van der Waals surface area (Å²) >= 11 is 0. The normalized spacial score (nSPS) is 8.71. The predicted octanol–water partition coefficient (Wildman–Crippen LogP) is 0.180. The van der Waals surface area contributed by atoms with Gasteiger partial charge in [0.1, 0.15) is 5.82 Å². The minimum Gasteiger partial charge on any atom is -0.238 e. The lowest BCUT2D eigenvalue weighted by atomic mass is 10.7. The van der Waals surface area contributed by atoms with Crippen LogP contribution in [-0.4, -0.2) is 15.2 Å². The Morgan fingerprint density at radius 1 is 1.43 bits per heavy atom. The third kappa shape index (κ3) is 0.924. The van der Waals surface area contributed by atoms with Gasteiger partial charge < -0.3 is 0 Å². The van der Waals surface area contributed by atoms with Crippen molar-refractivity contribution in [2.45, 2.75) is 6.92 Å². The van der Waals surface area contributed by atoms with Gasteiger partial charge in [0.25, 0.3) is 0 Å². The van der Waals surface area contributed by atoms with Gasteiger partial charge in [-0.1, -0.05) is 0 Å². The van der Waals surface area contributed by atoms with Crippen molar-refractivity contribution in [1.29, 1.82) is 0 Å². The van der Waals surface area contributed by atoms with Crippen molar-refractivity contribution < 1.29 is 0 Å². The monoisotopic (exact) mass is 95.0 g/mol. The van der Waals surface area contributed by atoms with Crippen molar-refractivity contribution in [2.24, 2.45) is 0 Å². The van der Waals surface area contributed by atoms with Crippen LogP contribution in [0, 0.1) is 6.92 Å². The Bertz CT molecular complexity index is 137. The number of aromatic nitrogens is 3. The van der Waals surface area contributed by atoms with Gasteiger partial charge in [-0.2, -0.15) is 5.10 Å². The Morgan fingerprint density at radius 3 is 2.57 bits per heavy atom. The first-order valence-electron chi connectivity index (χ1n) is 2.00. The lowest BCUT2D eigenvalue weighted by molar-refractivity contribution is 0.907. The highest BCUT2D eigenvalue weighted by molar-refractivity contribution is 4.74. The number of hydrogen-bond acceptors (Lipinski definition) is 3. The number of hydrogen-bond donors (Lipinski definition) is 0. The molecule has 0 aliphatic heterocycles. The SMILES string of the molecule is Cc1nccnn1. The topological polar surface area (TPSA) is 38.7 Å². The molecule has 0 unspecified atom stereocenters. The molecular formula is C4H5N3. The summed E-state index contributed by atoms with van der Waals surface area (Å²) < 4.78 is 0. The molecule has 1 aromatic heterocycles. The van der Waals surface area contributed by atoms with E-state index in [0.29, 0.717) is 5.82 Å². The van der Waals surface area contributed by atoms with E-state index in [0.717, 1.165) is 0 Å². The highest BCUT2D eigenvalue weighted by Crippen LogP contribution is 1.74. The molecule has 0 amide bonds. The van der Waals surface area contributed by atoms with Crippen molar-refractivity contribution in [1.82, 2.24) is 15.2 Å². The molecule has 0 fully saturated rings. The molecule has 0 bridgehead atoms. The highest BCUT2D eigenvalue weighted by atomic mass is 15.1. The first-order valence-corrected chi connectivity index (χ1v) is 2.00. The van der Waals surface area contributed by atoms with Crippen molar-refractivity contribution in [3.63, 3.8) is 0 Å². The van der Waals surface area contributed by atoms with E-state index in [1.54, 1.807) is 19.3 Å². The Morgan fingerprint density at radius 2 is 2.29 bits per heavy atom. The fraction of sp³-hybridized carbons (Fsp3) is 0.250. The summed E-state index contributed by atoms with van der Waals surface area (Å²) in [6.45, 7) is 1.80. The Balaban J connectivity index is 3.02. The molecule has 0 aliphatic rings. The molecule has 0 radical (unpaired) electrons. The fourth-order valence-electron chi connectivity index (χ4n) is 0.314. The van der Waals surface area contributed by atoms with Crippen LogP contribution >= 0.6 is 0 Å². The van der Waals surface area contributed by atoms with Gasteiger partial charge in [0, 0.05) is 6.20 Å². The molecule has 1 aromatic rings. The van der Waals surface area contributed by atoms with E-state index in [1.165, 1.54) is 0 Å². The largest absolute Gasteiger partial charge is 0.238 e. The molecule has 3 heteroatoms. The van der Waals surface area contributed by atoms with E-state index in [9.17, 15) is 0 Å². The first kappa shape index (κ1) is 4.18. The maximum absolute atomic E-state index is 3.81. The molecule has 0 saturated carbocycles. The molecule has 0 N–H and O–H groups in total. The molecule has 7 heavy (non-hydrogen) atoms. The number of nitrogens with zero attached hydrogens (tertiary/aromatic N) is 3. The minimum atomic E-state index is 0.711. The van der Waals surface area contributed by atoms with Crippen LogP contribution in [0.2, 0.25) is 0 Å². The smallest absolute Gasteiger partial charge is 0.147 e. The van der Waals surface area contributed by atoms with E-state index < -0.39 is 0 Å². The molecule has 36 valence electrons. The van der Waals surface area contributed by atoms with Gasteiger partial charge in [0.05, 0.1) is 6.20 Å². The van der Waals surface area contributed by atoms with Crippen LogP contribution in [0.3, 0.4) is 0 Å². The van der Waals surface area contributed by atoms with Gasteiger partial charge in [-0.15, -0.1) is 5.10 Å². The van der Waals surface area contributed by atoms with Crippen molar-refractivity contribution in [3.05, 3.63) is 18.2 Å². The van der Waals surface area contributed by atoms with Gasteiger partial charge >= 0.3 is 0 Å². The Hall–Kier alpha value is -0.990. The average molecular weight is 95.1 g/mol. The average Bonchev–Trinajstić information content (AvgIpc) is 1.69. The maximum atomic E-state index is 3.81. The highest BCUT2D eigenvalue weighted by Gasteiger charge is 1.76. The summed E-state index contributed by atoms with van der Waals surface area (Å²) in [5, 5.41) is 7.19. The summed E-state index contributed by atoms with van der Waals surface area (Å²) in [4.78, 5) is 3.81. The van der Waals surface area contributed by atoms with Gasteiger partial charge in [0.2, 0.25) is 0 Å². The summed E-state index contributed by atoms with van der Waals surface area (Å²) in [7, 11) is 0. The number of aryl methyl sites for hydroxylation is 1. The zero-order valence-electron chi connectivity index (χ0n) is 4.00. The third-order valence-electron chi connectivity index (χ3n) is 0.597. The zero-order chi connectivity index (χ0) is 5.11. The first-order chi connectivity index (χ1) is 3.39. The lowest BCUT2D eigenvalue weighted by Gasteiger charge is -1.80. The van der Waals surface area contributed by atoms with Crippen molar-refractivity contribution in [2.75, 3.05) is 0 Å². The van der Waals surface area contributed by atoms with Crippen LogP contribution in [-0.2, 0) is 0 Å². The van der Waals surface area contributed by atoms with Gasteiger partial charge in [-0.05, 0) is 6.92 Å². The van der Waals surface area contributed by atoms with Crippen LogP contribution in [0.1, 0.15) is 5.82 Å². The molecule has 0 aromatic carbocycles. The van der Waals surface area contributed by atoms with E-state index in [1.807, 2.05) is 0 Å². The zero-order valence-corrected chi connectivity index (χ0v) is 4.00. The van der Waals surface area contributed by atoms with Crippen molar-refractivity contribution >= 4 is 0 Å². The number of rotatable bonds is 0. The molecule has 0 aliphatic carbocycles. The van der Waals surface area contributed by atoms with Crippen LogP contribution in [0.5, 0.6) is 0 Å². The predicted molar refractivity (Wildman–Crippen MR) is 24.6 cm³/mol. The van der Waals surface area contributed by atoms with Gasteiger partial charge in [-0.3, -0.25) is 0 Å². The van der Waals surface area contributed by atoms with Crippen LogP contribution in [0.25, 0.3) is 0 Å². The van der Waals surface area contributed by atoms with E-state index >= 15 is 0 Å². The lowest BCUT2D eigenvalue weighted by Crippen LogP contribution is -1.85. The molecule has 1 heterocycles. The van der Waals surface area contributed by atoms with E-state index in [4.69, 9.17) is 0 Å². The molecule has 0 atom stereocenters. The molecular weight excluding hydrogens is 90.1 g/mol. The minimum absolute atomic E-state index is 0.711. The molecule has 0 spiro atoms. The fourth-order valence-corrected chi connectivity index (χ4v) is 0.314. The standard InChI is InChI=1S/C4H5N3/c1-4-5-2-3-6-7-4/h2-3H,1H3. The Kier molecular flexibility index (Phi) is 0.978. The summed E-state index contributed by atoms with van der Waals surface area (Å²) in [5.41, 5.74) is 0. The quantitative estimate of drug-likeness (QED) is 0.461. The van der Waals surface area contributed by atoms with E-state index in [-0.39, 0.29) is 0 Å². The molecule has 3 nitrogen and oxygen atoms in total. The van der Waals surface area contributed by atoms with Gasteiger partial charge in [-0.25, -0.2) is 4.98 Å². The summed E-state index contributed by atoms with van der Waals surface area (Å²) in [6, 6.07) is 0. The van der Waals surface area contributed by atoms with Crippen LogP contribution < -0.4 is 0 Å². The van der Waals surface area contributed by atoms with Crippen molar-refractivity contribution in [3.8, 4) is 0 Å². The molecule has 1 rings (SSSR count). The second kappa shape index (κ2) is 1.64. The second-order valence-corrected chi connectivity index (χ2v) is 1.19. The van der Waals surface area contributed by atoms with Crippen LogP contribution in [0.4, 0.5) is 0 Å². The summed E-state index contributed by atoms with van der Waals surface area (Å²) in [5.74, 6) is 0.711. The maximum Gasteiger partial charge on any atom is 0.147 e. The second-order valence-electron chi connectivity index (χ2n) is 1.19. The van der Waals surface area contributed by atoms with Gasteiger partial charge in [0.15, 0.2) is 0 Å². The molecule has 0 saturated heterocycles. The Labute approximate surface area is 41.4 Å². The van der Waals surface area contributed by atoms with Crippen LogP contribution in [0.15, 0.2) is 12.4 Å². The van der Waals surface area contributed by atoms with E-state index in [2.05, 4.69) is 15.2 Å². The summed E-state index contributed by atoms with van der Waals surface area (Å²) in [6.07, 6.45) is 3.16.